The lowest BCUT2D eigenvalue weighted by atomic mass is 9.74. The number of nitrogens with one attached hydrogen (secondary N) is 1. The first kappa shape index (κ1) is 14.7. The summed E-state index contributed by atoms with van der Waals surface area (Å²) in [6.07, 6.45) is -2.88. The summed E-state index contributed by atoms with van der Waals surface area (Å²) in [7, 11) is 0. The molecular weight excluding hydrogens is 255 g/mol. The largest absolute Gasteiger partial charge is 0.481 e. The number of carboxylic acids is 1. The van der Waals surface area contributed by atoms with Gasteiger partial charge in [0.15, 0.2) is 0 Å². The zero-order chi connectivity index (χ0) is 13.8. The van der Waals surface area contributed by atoms with Gasteiger partial charge in [0.05, 0.1) is 12.0 Å². The predicted molar refractivity (Wildman–Crippen MR) is 53.9 cm³/mol. The first-order valence-corrected chi connectivity index (χ1v) is 5.40. The average molecular weight is 269 g/mol. The molecule has 0 spiro atoms. The summed E-state index contributed by atoms with van der Waals surface area (Å²) in [4.78, 5) is 21.9. The normalized spacial score (nSPS) is 17.9. The molecule has 104 valence electrons. The third kappa shape index (κ3) is 4.91. The molecule has 1 fully saturated rings. The Kier molecular flexibility index (Phi) is 4.55. The highest BCUT2D eigenvalue weighted by atomic mass is 19.4. The lowest BCUT2D eigenvalue weighted by molar-refractivity contribution is -0.176. The van der Waals surface area contributed by atoms with Crippen LogP contribution in [0.5, 0.6) is 0 Å². The van der Waals surface area contributed by atoms with Crippen LogP contribution in [0.25, 0.3) is 0 Å². The fourth-order valence-corrected chi connectivity index (χ4v) is 1.83. The van der Waals surface area contributed by atoms with Crippen LogP contribution in [0.4, 0.5) is 13.2 Å². The van der Waals surface area contributed by atoms with Crippen LogP contribution in [0.2, 0.25) is 0 Å². The van der Waals surface area contributed by atoms with Gasteiger partial charge in [-0.3, -0.25) is 9.59 Å². The number of alkyl halides is 3. The fraction of sp³-hybridized carbons (Fsp3) is 0.800. The van der Waals surface area contributed by atoms with E-state index in [1.165, 1.54) is 0 Å². The van der Waals surface area contributed by atoms with Gasteiger partial charge in [-0.05, 0) is 19.3 Å². The molecule has 0 saturated heterocycles. The molecule has 1 amide bonds. The standard InChI is InChI=1S/C10H14F3NO4/c11-10(12,13)6-18-5-7(15)14-9(2-1-3-9)4-8(16)17/h1-6H2,(H,14,15)(H,16,17). The molecule has 1 rings (SSSR count). The molecule has 1 aliphatic rings. The summed E-state index contributed by atoms with van der Waals surface area (Å²) in [5, 5.41) is 11.1. The molecule has 0 radical (unpaired) electrons. The highest BCUT2D eigenvalue weighted by Crippen LogP contribution is 2.34. The number of aliphatic carboxylic acids is 1. The van der Waals surface area contributed by atoms with Gasteiger partial charge >= 0.3 is 12.1 Å². The van der Waals surface area contributed by atoms with Crippen LogP contribution in [0.15, 0.2) is 0 Å². The zero-order valence-corrected chi connectivity index (χ0v) is 9.55. The van der Waals surface area contributed by atoms with Crippen LogP contribution in [0.1, 0.15) is 25.7 Å². The third-order valence-electron chi connectivity index (χ3n) is 2.70. The maximum absolute atomic E-state index is 11.8. The Hall–Kier alpha value is -1.31. The van der Waals surface area contributed by atoms with Gasteiger partial charge in [-0.25, -0.2) is 0 Å². The minimum Gasteiger partial charge on any atom is -0.481 e. The van der Waals surface area contributed by atoms with Crippen LogP contribution in [0.3, 0.4) is 0 Å². The van der Waals surface area contributed by atoms with Gasteiger partial charge < -0.3 is 15.2 Å². The van der Waals surface area contributed by atoms with Crippen LogP contribution in [-0.2, 0) is 14.3 Å². The highest BCUT2D eigenvalue weighted by Gasteiger charge is 2.40. The molecular formula is C10H14F3NO4. The molecule has 0 bridgehead atoms. The van der Waals surface area contributed by atoms with Crippen LogP contribution in [0, 0.1) is 0 Å². The molecule has 1 aliphatic carbocycles. The maximum atomic E-state index is 11.8. The van der Waals surface area contributed by atoms with Crippen molar-refractivity contribution >= 4 is 11.9 Å². The van der Waals surface area contributed by atoms with Crippen molar-refractivity contribution < 1.29 is 32.6 Å². The van der Waals surface area contributed by atoms with Crippen molar-refractivity contribution in [2.45, 2.75) is 37.4 Å². The van der Waals surface area contributed by atoms with Crippen molar-refractivity contribution in [2.24, 2.45) is 0 Å². The van der Waals surface area contributed by atoms with Gasteiger partial charge in [0.25, 0.3) is 0 Å². The number of hydrogen-bond acceptors (Lipinski definition) is 3. The van der Waals surface area contributed by atoms with E-state index >= 15 is 0 Å². The van der Waals surface area contributed by atoms with Crippen LogP contribution in [-0.4, -0.2) is 41.9 Å². The van der Waals surface area contributed by atoms with E-state index in [9.17, 15) is 22.8 Å². The molecule has 0 aromatic carbocycles. The van der Waals surface area contributed by atoms with Gasteiger partial charge in [-0.1, -0.05) is 0 Å². The molecule has 0 aromatic heterocycles. The molecule has 0 atom stereocenters. The summed E-state index contributed by atoms with van der Waals surface area (Å²) in [6, 6.07) is 0. The molecule has 18 heavy (non-hydrogen) atoms. The number of ether oxygens (including phenoxy) is 1. The van der Waals surface area contributed by atoms with E-state index < -0.39 is 36.8 Å². The van der Waals surface area contributed by atoms with Crippen molar-refractivity contribution in [1.29, 1.82) is 0 Å². The fourth-order valence-electron chi connectivity index (χ4n) is 1.83. The number of carbonyl (C=O) groups is 2. The molecule has 8 heteroatoms. The van der Waals surface area contributed by atoms with Crippen molar-refractivity contribution in [3.05, 3.63) is 0 Å². The number of carboxylic acid groups (broad SMARTS) is 1. The Morgan fingerprint density at radius 3 is 2.33 bits per heavy atom. The summed E-state index contributed by atoms with van der Waals surface area (Å²) in [6.45, 7) is -2.22. The molecule has 0 aliphatic heterocycles. The van der Waals surface area contributed by atoms with E-state index in [-0.39, 0.29) is 6.42 Å². The summed E-state index contributed by atoms with van der Waals surface area (Å²) in [5.41, 5.74) is -0.815. The molecule has 0 heterocycles. The highest BCUT2D eigenvalue weighted by molar-refractivity contribution is 5.79. The zero-order valence-electron chi connectivity index (χ0n) is 9.55. The van der Waals surface area contributed by atoms with Gasteiger partial charge in [0.1, 0.15) is 13.2 Å². The Labute approximate surface area is 101 Å². The minimum absolute atomic E-state index is 0.224. The topological polar surface area (TPSA) is 75.6 Å². The van der Waals surface area contributed by atoms with Crippen LogP contribution < -0.4 is 5.32 Å². The smallest absolute Gasteiger partial charge is 0.411 e. The first-order valence-electron chi connectivity index (χ1n) is 5.40. The Balaban J connectivity index is 2.32. The predicted octanol–water partition coefficient (Wildman–Crippen LogP) is 1.08. The number of carbonyl (C=O) groups excluding carboxylic acids is 1. The average Bonchev–Trinajstić information content (AvgIpc) is 2.11. The van der Waals surface area contributed by atoms with Gasteiger partial charge in [0.2, 0.25) is 5.91 Å². The second kappa shape index (κ2) is 5.55. The van der Waals surface area contributed by atoms with E-state index in [2.05, 4.69) is 10.1 Å². The third-order valence-corrected chi connectivity index (χ3v) is 2.70. The number of halogens is 3. The summed E-state index contributed by atoms with van der Waals surface area (Å²) < 4.78 is 39.5. The van der Waals surface area contributed by atoms with Gasteiger partial charge in [0, 0.05) is 0 Å². The second-order valence-electron chi connectivity index (χ2n) is 4.36. The first-order chi connectivity index (χ1) is 8.22. The lowest BCUT2D eigenvalue weighted by Gasteiger charge is -2.41. The van der Waals surface area contributed by atoms with Gasteiger partial charge in [-0.15, -0.1) is 0 Å². The molecule has 0 aromatic rings. The van der Waals surface area contributed by atoms with Crippen molar-refractivity contribution in [3.63, 3.8) is 0 Å². The van der Waals surface area contributed by atoms with Crippen molar-refractivity contribution in [3.8, 4) is 0 Å². The van der Waals surface area contributed by atoms with E-state index in [1.54, 1.807) is 0 Å². The van der Waals surface area contributed by atoms with E-state index in [0.29, 0.717) is 12.8 Å². The summed E-state index contributed by atoms with van der Waals surface area (Å²) in [5.74, 6) is -1.77. The molecule has 5 nitrogen and oxygen atoms in total. The van der Waals surface area contributed by atoms with E-state index in [4.69, 9.17) is 5.11 Å². The van der Waals surface area contributed by atoms with E-state index in [0.717, 1.165) is 6.42 Å². The molecule has 2 N–H and O–H groups in total. The second-order valence-corrected chi connectivity index (χ2v) is 4.36. The molecule has 1 saturated carbocycles. The Bertz CT molecular complexity index is 326. The lowest BCUT2D eigenvalue weighted by Crippen LogP contribution is -2.55. The van der Waals surface area contributed by atoms with E-state index in [1.807, 2.05) is 0 Å². The Morgan fingerprint density at radius 1 is 1.33 bits per heavy atom. The monoisotopic (exact) mass is 269 g/mol. The van der Waals surface area contributed by atoms with Crippen molar-refractivity contribution in [2.75, 3.05) is 13.2 Å². The van der Waals surface area contributed by atoms with Gasteiger partial charge in [-0.2, -0.15) is 13.2 Å². The summed E-state index contributed by atoms with van der Waals surface area (Å²) >= 11 is 0. The van der Waals surface area contributed by atoms with Crippen molar-refractivity contribution in [1.82, 2.24) is 5.32 Å². The van der Waals surface area contributed by atoms with Crippen LogP contribution >= 0.6 is 0 Å². The number of rotatable bonds is 6. The number of amides is 1. The number of hydrogen-bond donors (Lipinski definition) is 2. The molecule has 0 unspecified atom stereocenters. The SMILES string of the molecule is O=C(O)CC1(NC(=O)COCC(F)(F)F)CCC1. The minimum atomic E-state index is -4.48. The quantitative estimate of drug-likeness (QED) is 0.756. The maximum Gasteiger partial charge on any atom is 0.411 e. The Morgan fingerprint density at radius 2 is 1.94 bits per heavy atom.